The first-order valence-electron chi connectivity index (χ1n) is 9.99. The first-order chi connectivity index (χ1) is 14.4. The summed E-state index contributed by atoms with van der Waals surface area (Å²) >= 11 is 9.53. The predicted molar refractivity (Wildman–Crippen MR) is 122 cm³/mol. The van der Waals surface area contributed by atoms with Crippen molar-refractivity contribution in [1.82, 2.24) is 4.72 Å². The van der Waals surface area contributed by atoms with E-state index in [1.165, 1.54) is 6.07 Å². The number of hydrogen-bond acceptors (Lipinski definition) is 4. The Morgan fingerprint density at radius 1 is 1.32 bits per heavy atom. The van der Waals surface area contributed by atoms with Gasteiger partial charge in [-0.15, -0.1) is 0 Å². The fourth-order valence-electron chi connectivity index (χ4n) is 3.80. The van der Waals surface area contributed by atoms with Crippen LogP contribution >= 0.6 is 27.5 Å². The van der Waals surface area contributed by atoms with Crippen molar-refractivity contribution in [2.45, 2.75) is 56.1 Å². The third kappa shape index (κ3) is 4.25. The van der Waals surface area contributed by atoms with E-state index in [1.54, 1.807) is 20.8 Å². The normalized spacial score (nSPS) is 23.9. The Morgan fingerprint density at radius 3 is 2.55 bits per heavy atom. The molecule has 168 valence electrons. The van der Waals surface area contributed by atoms with E-state index in [2.05, 4.69) is 20.7 Å². The molecule has 1 N–H and O–H groups in total. The third-order valence-electron chi connectivity index (χ3n) is 5.78. The molecule has 1 saturated heterocycles. The Kier molecular flexibility index (Phi) is 5.92. The van der Waals surface area contributed by atoms with Crippen LogP contribution in [0.4, 0.5) is 4.39 Å². The van der Waals surface area contributed by atoms with Gasteiger partial charge in [0, 0.05) is 22.5 Å². The maximum atomic E-state index is 14.4. The number of benzene rings is 2. The lowest BCUT2D eigenvalue weighted by molar-refractivity contribution is 0.0484. The number of ether oxygens (including phenoxy) is 2. The Labute approximate surface area is 195 Å². The van der Waals surface area contributed by atoms with Crippen LogP contribution in [-0.4, -0.2) is 31.9 Å². The van der Waals surface area contributed by atoms with Crippen molar-refractivity contribution in [3.8, 4) is 5.75 Å². The predicted octanol–water partition coefficient (Wildman–Crippen LogP) is 4.95. The van der Waals surface area contributed by atoms with Gasteiger partial charge in [-0.25, -0.2) is 17.5 Å². The van der Waals surface area contributed by atoms with E-state index < -0.39 is 32.2 Å². The highest BCUT2D eigenvalue weighted by atomic mass is 79.9. The molecule has 4 rings (SSSR count). The molecule has 1 fully saturated rings. The maximum absolute atomic E-state index is 14.4. The van der Waals surface area contributed by atoms with E-state index >= 15 is 0 Å². The molecule has 2 aliphatic rings. The van der Waals surface area contributed by atoms with E-state index in [-0.39, 0.29) is 11.1 Å². The molecule has 9 heteroatoms. The fraction of sp³-hybridized carbons (Fsp3) is 0.455. The molecule has 2 heterocycles. The van der Waals surface area contributed by atoms with Crippen LogP contribution in [0.3, 0.4) is 0 Å². The highest BCUT2D eigenvalue weighted by Crippen LogP contribution is 2.50. The van der Waals surface area contributed by atoms with Crippen molar-refractivity contribution in [3.63, 3.8) is 0 Å². The zero-order valence-corrected chi connectivity index (χ0v) is 20.6. The fourth-order valence-corrected chi connectivity index (χ4v) is 5.51. The van der Waals surface area contributed by atoms with Crippen LogP contribution in [0.25, 0.3) is 0 Å². The molecule has 0 saturated carbocycles. The van der Waals surface area contributed by atoms with Gasteiger partial charge in [0.05, 0.1) is 28.5 Å². The lowest BCUT2D eigenvalue weighted by atomic mass is 9.81. The summed E-state index contributed by atoms with van der Waals surface area (Å²) in [5, 5.41) is -0.0245. The molecular formula is C22H24BrClFNO4S. The van der Waals surface area contributed by atoms with Crippen LogP contribution in [0, 0.1) is 5.82 Å². The summed E-state index contributed by atoms with van der Waals surface area (Å²) in [4.78, 5) is 0. The minimum Gasteiger partial charge on any atom is -0.480 e. The van der Waals surface area contributed by atoms with E-state index in [1.807, 2.05) is 30.3 Å². The standard InChI is InChI=1S/C22H24BrClFNO4S/c1-21(2,3)31(27,28)26-18(9-14-12-29-14)22(13-7-5-4-6-8-13)11-15-17(30-22)10-16(25)20(24)19(15)23/h4-8,10,14,18,26H,9,11-12H2,1-3H3/t14?,18?,22-/m0/s1. The van der Waals surface area contributed by atoms with Crippen molar-refractivity contribution in [1.29, 1.82) is 0 Å². The van der Waals surface area contributed by atoms with Gasteiger partial charge in [0.1, 0.15) is 11.6 Å². The molecule has 0 amide bonds. The van der Waals surface area contributed by atoms with Gasteiger partial charge in [-0.05, 0) is 48.7 Å². The lowest BCUT2D eigenvalue weighted by Gasteiger charge is -2.39. The van der Waals surface area contributed by atoms with E-state index in [0.717, 1.165) is 5.56 Å². The number of nitrogens with one attached hydrogen (secondary N) is 1. The summed E-state index contributed by atoms with van der Waals surface area (Å²) in [5.74, 6) is -0.261. The summed E-state index contributed by atoms with van der Waals surface area (Å²) in [7, 11) is -3.71. The van der Waals surface area contributed by atoms with Gasteiger partial charge in [-0.1, -0.05) is 41.9 Å². The van der Waals surface area contributed by atoms with Crippen LogP contribution in [0.5, 0.6) is 5.75 Å². The summed E-state index contributed by atoms with van der Waals surface area (Å²) in [6.45, 7) is 5.50. The van der Waals surface area contributed by atoms with E-state index in [0.29, 0.717) is 35.2 Å². The number of fused-ring (bicyclic) bond motifs is 1. The first-order valence-corrected chi connectivity index (χ1v) is 12.6. The molecule has 0 aliphatic carbocycles. The maximum Gasteiger partial charge on any atom is 0.216 e. The van der Waals surface area contributed by atoms with Crippen molar-refractivity contribution >= 4 is 37.6 Å². The Bertz CT molecular complexity index is 1100. The van der Waals surface area contributed by atoms with Gasteiger partial charge in [-0.3, -0.25) is 0 Å². The summed E-state index contributed by atoms with van der Waals surface area (Å²) < 4.78 is 54.8. The molecule has 2 aromatic rings. The molecule has 0 aromatic heterocycles. The highest BCUT2D eigenvalue weighted by molar-refractivity contribution is 9.10. The molecule has 0 radical (unpaired) electrons. The molecule has 2 aromatic carbocycles. The Morgan fingerprint density at radius 2 is 1.97 bits per heavy atom. The van der Waals surface area contributed by atoms with E-state index in [9.17, 15) is 12.8 Å². The number of halogens is 3. The molecule has 3 atom stereocenters. The minimum atomic E-state index is -3.71. The second-order valence-electron chi connectivity index (χ2n) is 8.97. The van der Waals surface area contributed by atoms with Crippen molar-refractivity contribution < 1.29 is 22.3 Å². The van der Waals surface area contributed by atoms with Gasteiger partial charge in [0.15, 0.2) is 5.60 Å². The van der Waals surface area contributed by atoms with Crippen molar-refractivity contribution in [2.75, 3.05) is 6.61 Å². The molecule has 0 bridgehead atoms. The molecular weight excluding hydrogens is 509 g/mol. The lowest BCUT2D eigenvalue weighted by Crippen LogP contribution is -2.56. The Balaban J connectivity index is 1.85. The Hall–Kier alpha value is -1.19. The number of hydrogen-bond donors (Lipinski definition) is 1. The van der Waals surface area contributed by atoms with Crippen molar-refractivity contribution in [2.24, 2.45) is 0 Å². The molecule has 0 spiro atoms. The monoisotopic (exact) mass is 531 g/mol. The van der Waals surface area contributed by atoms with Gasteiger partial charge in [0.25, 0.3) is 0 Å². The largest absolute Gasteiger partial charge is 0.480 e. The average molecular weight is 533 g/mol. The molecule has 2 aliphatic heterocycles. The highest BCUT2D eigenvalue weighted by Gasteiger charge is 2.52. The third-order valence-corrected chi connectivity index (χ3v) is 9.46. The minimum absolute atomic E-state index is 0.0245. The van der Waals surface area contributed by atoms with Crippen LogP contribution in [0.2, 0.25) is 5.02 Å². The second kappa shape index (κ2) is 7.99. The topological polar surface area (TPSA) is 67.9 Å². The van der Waals surface area contributed by atoms with E-state index in [4.69, 9.17) is 21.1 Å². The zero-order valence-electron chi connectivity index (χ0n) is 17.4. The number of rotatable bonds is 6. The summed E-state index contributed by atoms with van der Waals surface area (Å²) in [6, 6.07) is 10.0. The average Bonchev–Trinajstić information content (AvgIpc) is 3.43. The molecule has 2 unspecified atom stereocenters. The number of sulfonamides is 1. The second-order valence-corrected chi connectivity index (χ2v) is 12.6. The van der Waals surface area contributed by atoms with Crippen molar-refractivity contribution in [3.05, 3.63) is 62.8 Å². The molecule has 31 heavy (non-hydrogen) atoms. The van der Waals surface area contributed by atoms with Gasteiger partial charge in [-0.2, -0.15) is 0 Å². The summed E-state index contributed by atoms with van der Waals surface area (Å²) in [6.07, 6.45) is 0.674. The zero-order chi connectivity index (χ0) is 22.6. The number of epoxide rings is 1. The SMILES string of the molecule is CC(C)(C)S(=O)(=O)NC(CC1CO1)[C@@]1(c2ccccc2)Cc2c(cc(F)c(Cl)c2Br)O1. The van der Waals surface area contributed by atoms with Crippen LogP contribution in [-0.2, 0) is 26.8 Å². The van der Waals surface area contributed by atoms with Crippen LogP contribution in [0.1, 0.15) is 38.3 Å². The van der Waals surface area contributed by atoms with Gasteiger partial charge in [0.2, 0.25) is 10.0 Å². The molecule has 5 nitrogen and oxygen atoms in total. The smallest absolute Gasteiger partial charge is 0.216 e. The van der Waals surface area contributed by atoms with Crippen LogP contribution < -0.4 is 9.46 Å². The summed E-state index contributed by atoms with van der Waals surface area (Å²) in [5.41, 5.74) is 0.400. The van der Waals surface area contributed by atoms with Crippen LogP contribution in [0.15, 0.2) is 40.9 Å². The van der Waals surface area contributed by atoms with Gasteiger partial charge >= 0.3 is 0 Å². The first kappa shape index (κ1) is 23.0. The quantitative estimate of drug-likeness (QED) is 0.422. The van der Waals surface area contributed by atoms with Gasteiger partial charge < -0.3 is 9.47 Å².